The van der Waals surface area contributed by atoms with Crippen LogP contribution in [0.1, 0.15) is 39.0 Å². The van der Waals surface area contributed by atoms with Crippen molar-refractivity contribution in [1.29, 1.82) is 0 Å². The van der Waals surface area contributed by atoms with Gasteiger partial charge in [0.15, 0.2) is 0 Å². The number of aliphatic carboxylic acids is 1. The average molecular weight is 257 g/mol. The molecular weight excluding hydrogens is 238 g/mol. The highest BCUT2D eigenvalue weighted by Gasteiger charge is 2.31. The molecule has 1 aliphatic rings. The van der Waals surface area contributed by atoms with E-state index >= 15 is 0 Å². The van der Waals surface area contributed by atoms with Crippen LogP contribution in [0.2, 0.25) is 0 Å². The predicted octanol–water partition coefficient (Wildman–Crippen LogP) is -0.0531. The van der Waals surface area contributed by atoms with Crippen LogP contribution in [0.4, 0.5) is 4.79 Å². The predicted molar refractivity (Wildman–Crippen MR) is 63.8 cm³/mol. The minimum atomic E-state index is -1.28. The van der Waals surface area contributed by atoms with Crippen LogP contribution in [0, 0.1) is 0 Å². The van der Waals surface area contributed by atoms with E-state index in [4.69, 9.17) is 10.8 Å². The zero-order valence-corrected chi connectivity index (χ0v) is 10.4. The highest BCUT2D eigenvalue weighted by molar-refractivity contribution is 5.87. The third-order valence-corrected chi connectivity index (χ3v) is 3.13. The number of hydrogen-bond donors (Lipinski definition) is 4. The van der Waals surface area contributed by atoms with Gasteiger partial charge in [-0.05, 0) is 19.8 Å². The first-order chi connectivity index (χ1) is 8.32. The standard InChI is InChI=1S/C11H19N3O4/c1-11(4-2-3-5-11)14-10(18)13-7(9(16)17)6-8(12)15/h7H,2-6H2,1H3,(H2,12,15)(H,16,17)(H2,13,14,18)/t7-/m0/s1. The molecule has 1 aliphatic carbocycles. The highest BCUT2D eigenvalue weighted by Crippen LogP contribution is 2.28. The van der Waals surface area contributed by atoms with Crippen molar-refractivity contribution in [3.05, 3.63) is 0 Å². The summed E-state index contributed by atoms with van der Waals surface area (Å²) in [4.78, 5) is 33.2. The monoisotopic (exact) mass is 257 g/mol. The van der Waals surface area contributed by atoms with E-state index in [1.807, 2.05) is 6.92 Å². The van der Waals surface area contributed by atoms with Gasteiger partial charge in [0.05, 0.1) is 6.42 Å². The molecule has 0 aromatic carbocycles. The van der Waals surface area contributed by atoms with E-state index in [9.17, 15) is 14.4 Å². The Labute approximate surface area is 105 Å². The number of amides is 3. The third-order valence-electron chi connectivity index (χ3n) is 3.13. The number of carboxylic acid groups (broad SMARTS) is 1. The van der Waals surface area contributed by atoms with Crippen LogP contribution in [0.3, 0.4) is 0 Å². The number of urea groups is 1. The van der Waals surface area contributed by atoms with Gasteiger partial charge in [0, 0.05) is 5.54 Å². The summed E-state index contributed by atoms with van der Waals surface area (Å²) in [6.07, 6.45) is 3.41. The molecule has 102 valence electrons. The molecular formula is C11H19N3O4. The number of carbonyl (C=O) groups is 3. The first-order valence-corrected chi connectivity index (χ1v) is 5.92. The lowest BCUT2D eigenvalue weighted by Crippen LogP contribution is -2.53. The van der Waals surface area contributed by atoms with E-state index in [1.165, 1.54) is 0 Å². The number of carboxylic acids is 1. The zero-order valence-electron chi connectivity index (χ0n) is 10.4. The summed E-state index contributed by atoms with van der Waals surface area (Å²) in [5.41, 5.74) is 4.63. The molecule has 1 rings (SSSR count). The molecule has 0 saturated heterocycles. The molecule has 0 heterocycles. The second-order valence-electron chi connectivity index (χ2n) is 4.93. The van der Waals surface area contributed by atoms with Crippen molar-refractivity contribution in [2.24, 2.45) is 5.73 Å². The molecule has 18 heavy (non-hydrogen) atoms. The van der Waals surface area contributed by atoms with Crippen LogP contribution in [-0.2, 0) is 9.59 Å². The Morgan fingerprint density at radius 3 is 2.33 bits per heavy atom. The van der Waals surface area contributed by atoms with Gasteiger partial charge in [-0.2, -0.15) is 0 Å². The van der Waals surface area contributed by atoms with Crippen LogP contribution in [0.15, 0.2) is 0 Å². The molecule has 3 amide bonds. The Bertz CT molecular complexity index is 350. The van der Waals surface area contributed by atoms with Crippen molar-refractivity contribution in [1.82, 2.24) is 10.6 Å². The lowest BCUT2D eigenvalue weighted by Gasteiger charge is -2.26. The van der Waals surface area contributed by atoms with Crippen molar-refractivity contribution in [2.45, 2.75) is 50.6 Å². The molecule has 0 radical (unpaired) electrons. The lowest BCUT2D eigenvalue weighted by atomic mass is 10.0. The SMILES string of the molecule is CC1(NC(=O)N[C@@H](CC(N)=O)C(=O)O)CCCC1. The Morgan fingerprint density at radius 2 is 1.89 bits per heavy atom. The summed E-state index contributed by atoms with van der Waals surface area (Å²) >= 11 is 0. The van der Waals surface area contributed by atoms with Gasteiger partial charge in [-0.15, -0.1) is 0 Å². The molecule has 0 bridgehead atoms. The molecule has 0 spiro atoms. The fraction of sp³-hybridized carbons (Fsp3) is 0.727. The fourth-order valence-electron chi connectivity index (χ4n) is 2.15. The van der Waals surface area contributed by atoms with Crippen molar-refractivity contribution in [3.8, 4) is 0 Å². The first kappa shape index (κ1) is 14.3. The van der Waals surface area contributed by atoms with Gasteiger partial charge in [-0.25, -0.2) is 9.59 Å². The van der Waals surface area contributed by atoms with Crippen LogP contribution in [0.5, 0.6) is 0 Å². The number of nitrogens with one attached hydrogen (secondary N) is 2. The first-order valence-electron chi connectivity index (χ1n) is 5.92. The number of nitrogens with two attached hydrogens (primary N) is 1. The van der Waals surface area contributed by atoms with Crippen LogP contribution >= 0.6 is 0 Å². The minimum absolute atomic E-state index is 0.292. The summed E-state index contributed by atoms with van der Waals surface area (Å²) < 4.78 is 0. The molecule has 7 nitrogen and oxygen atoms in total. The van der Waals surface area contributed by atoms with Crippen molar-refractivity contribution >= 4 is 17.9 Å². The summed E-state index contributed by atoms with van der Waals surface area (Å²) in [6, 6.07) is -1.86. The molecule has 0 aromatic rings. The third kappa shape index (κ3) is 4.23. The smallest absolute Gasteiger partial charge is 0.326 e. The summed E-state index contributed by atoms with van der Waals surface area (Å²) in [7, 11) is 0. The van der Waals surface area contributed by atoms with Gasteiger partial charge in [-0.1, -0.05) is 12.8 Å². The van der Waals surface area contributed by atoms with Gasteiger partial charge in [0.2, 0.25) is 5.91 Å². The summed E-state index contributed by atoms with van der Waals surface area (Å²) in [6.45, 7) is 1.92. The fourth-order valence-corrected chi connectivity index (χ4v) is 2.15. The number of rotatable bonds is 5. The molecule has 0 aliphatic heterocycles. The maximum Gasteiger partial charge on any atom is 0.326 e. The second-order valence-corrected chi connectivity index (χ2v) is 4.93. The maximum atomic E-state index is 11.7. The van der Waals surface area contributed by atoms with E-state index in [2.05, 4.69) is 10.6 Å². The molecule has 1 atom stereocenters. The normalized spacial score (nSPS) is 18.9. The molecule has 1 fully saturated rings. The van der Waals surface area contributed by atoms with Crippen molar-refractivity contribution < 1.29 is 19.5 Å². The molecule has 0 aromatic heterocycles. The molecule has 0 unspecified atom stereocenters. The number of primary amides is 1. The summed E-state index contributed by atoms with van der Waals surface area (Å²) in [5.74, 6) is -2.05. The number of carbonyl (C=O) groups excluding carboxylic acids is 2. The Balaban J connectivity index is 2.50. The molecule has 1 saturated carbocycles. The van der Waals surface area contributed by atoms with E-state index in [0.29, 0.717) is 0 Å². The van der Waals surface area contributed by atoms with Gasteiger partial charge in [0.1, 0.15) is 6.04 Å². The van der Waals surface area contributed by atoms with E-state index in [-0.39, 0.29) is 5.54 Å². The summed E-state index contributed by atoms with van der Waals surface area (Å²) in [5, 5.41) is 13.8. The van der Waals surface area contributed by atoms with Gasteiger partial charge >= 0.3 is 12.0 Å². The van der Waals surface area contributed by atoms with Gasteiger partial charge in [0.25, 0.3) is 0 Å². The van der Waals surface area contributed by atoms with E-state index < -0.39 is 30.4 Å². The van der Waals surface area contributed by atoms with Crippen LogP contribution in [0.25, 0.3) is 0 Å². The highest BCUT2D eigenvalue weighted by atomic mass is 16.4. The van der Waals surface area contributed by atoms with E-state index in [0.717, 1.165) is 25.7 Å². The zero-order chi connectivity index (χ0) is 13.8. The maximum absolute atomic E-state index is 11.7. The molecule has 5 N–H and O–H groups in total. The largest absolute Gasteiger partial charge is 0.480 e. The Morgan fingerprint density at radius 1 is 1.33 bits per heavy atom. The van der Waals surface area contributed by atoms with Crippen molar-refractivity contribution in [3.63, 3.8) is 0 Å². The van der Waals surface area contributed by atoms with Crippen molar-refractivity contribution in [2.75, 3.05) is 0 Å². The Hall–Kier alpha value is -1.79. The second kappa shape index (κ2) is 5.70. The average Bonchev–Trinajstić information content (AvgIpc) is 2.62. The van der Waals surface area contributed by atoms with Gasteiger partial charge in [-0.3, -0.25) is 4.79 Å². The molecule has 7 heteroatoms. The van der Waals surface area contributed by atoms with Gasteiger partial charge < -0.3 is 21.5 Å². The lowest BCUT2D eigenvalue weighted by molar-refractivity contribution is -0.140. The van der Waals surface area contributed by atoms with Crippen LogP contribution < -0.4 is 16.4 Å². The van der Waals surface area contributed by atoms with Crippen LogP contribution in [-0.4, -0.2) is 34.6 Å². The Kier molecular flexibility index (Phi) is 4.52. The van der Waals surface area contributed by atoms with E-state index in [1.54, 1.807) is 0 Å². The quantitative estimate of drug-likeness (QED) is 0.551. The minimum Gasteiger partial charge on any atom is -0.480 e. The number of hydrogen-bond acceptors (Lipinski definition) is 3. The topological polar surface area (TPSA) is 122 Å².